The smallest absolute Gasteiger partial charge is 0.229 e. The van der Waals surface area contributed by atoms with E-state index < -0.39 is 5.82 Å². The van der Waals surface area contributed by atoms with Gasteiger partial charge in [-0.25, -0.2) is 9.07 Å². The number of aromatic nitrogens is 2. The lowest BCUT2D eigenvalue weighted by Gasteiger charge is -2.09. The van der Waals surface area contributed by atoms with E-state index in [9.17, 15) is 4.39 Å². The standard InChI is InChI=1S/C12H12ClFN4O2/c1-6-9(11(15)17-19)12(18(2)16-6)20-8-5-3-4-7(13)10(8)14/h3-5,19H,1-2H3,(H2,15,17). The summed E-state index contributed by atoms with van der Waals surface area (Å²) in [5.74, 6) is -0.794. The molecule has 0 radical (unpaired) electrons. The van der Waals surface area contributed by atoms with Crippen LogP contribution in [0, 0.1) is 12.7 Å². The Morgan fingerprint density at radius 3 is 2.90 bits per heavy atom. The van der Waals surface area contributed by atoms with Crippen LogP contribution in [0.5, 0.6) is 11.6 Å². The molecule has 0 aliphatic heterocycles. The average Bonchev–Trinajstić information content (AvgIpc) is 2.69. The van der Waals surface area contributed by atoms with Crippen LogP contribution in [0.15, 0.2) is 23.4 Å². The van der Waals surface area contributed by atoms with Crippen molar-refractivity contribution in [1.29, 1.82) is 0 Å². The van der Waals surface area contributed by atoms with Gasteiger partial charge in [0.2, 0.25) is 5.88 Å². The van der Waals surface area contributed by atoms with Crippen molar-refractivity contribution in [2.75, 3.05) is 0 Å². The summed E-state index contributed by atoms with van der Waals surface area (Å²) in [6, 6.07) is 4.37. The highest BCUT2D eigenvalue weighted by Gasteiger charge is 2.21. The first kappa shape index (κ1) is 14.1. The van der Waals surface area contributed by atoms with Gasteiger partial charge in [-0.2, -0.15) is 5.10 Å². The number of aryl methyl sites for hydroxylation is 2. The van der Waals surface area contributed by atoms with Gasteiger partial charge < -0.3 is 15.7 Å². The number of nitrogens with zero attached hydrogens (tertiary/aromatic N) is 3. The Balaban J connectivity index is 2.51. The third-order valence-electron chi connectivity index (χ3n) is 2.66. The summed E-state index contributed by atoms with van der Waals surface area (Å²) < 4.78 is 20.7. The number of rotatable bonds is 3. The Morgan fingerprint density at radius 1 is 1.55 bits per heavy atom. The summed E-state index contributed by atoms with van der Waals surface area (Å²) in [4.78, 5) is 0. The van der Waals surface area contributed by atoms with Crippen molar-refractivity contribution < 1.29 is 14.3 Å². The molecule has 1 aromatic heterocycles. The maximum Gasteiger partial charge on any atom is 0.229 e. The summed E-state index contributed by atoms with van der Waals surface area (Å²) in [5, 5.41) is 15.7. The molecule has 20 heavy (non-hydrogen) atoms. The predicted molar refractivity (Wildman–Crippen MR) is 71.9 cm³/mol. The second-order valence-corrected chi connectivity index (χ2v) is 4.44. The molecule has 0 unspecified atom stereocenters. The van der Waals surface area contributed by atoms with Crippen molar-refractivity contribution in [3.8, 4) is 11.6 Å². The fourth-order valence-corrected chi connectivity index (χ4v) is 1.93. The van der Waals surface area contributed by atoms with Crippen molar-refractivity contribution in [3.63, 3.8) is 0 Å². The largest absolute Gasteiger partial charge is 0.435 e. The number of benzene rings is 1. The summed E-state index contributed by atoms with van der Waals surface area (Å²) >= 11 is 5.69. The van der Waals surface area contributed by atoms with E-state index in [0.29, 0.717) is 5.69 Å². The fraction of sp³-hybridized carbons (Fsp3) is 0.167. The van der Waals surface area contributed by atoms with Gasteiger partial charge in [0.15, 0.2) is 17.4 Å². The van der Waals surface area contributed by atoms with Crippen LogP contribution in [-0.2, 0) is 7.05 Å². The minimum Gasteiger partial charge on any atom is -0.435 e. The summed E-state index contributed by atoms with van der Waals surface area (Å²) in [6.07, 6.45) is 0. The van der Waals surface area contributed by atoms with Crippen molar-refractivity contribution in [1.82, 2.24) is 9.78 Å². The molecule has 0 bridgehead atoms. The van der Waals surface area contributed by atoms with Crippen molar-refractivity contribution in [3.05, 3.63) is 40.3 Å². The lowest BCUT2D eigenvalue weighted by Crippen LogP contribution is -2.15. The van der Waals surface area contributed by atoms with Gasteiger partial charge in [0, 0.05) is 7.05 Å². The minimum absolute atomic E-state index is 0.0632. The van der Waals surface area contributed by atoms with E-state index in [1.165, 1.54) is 16.8 Å². The third-order valence-corrected chi connectivity index (χ3v) is 2.95. The van der Waals surface area contributed by atoms with Gasteiger partial charge in [-0.15, -0.1) is 0 Å². The molecule has 2 rings (SSSR count). The van der Waals surface area contributed by atoms with Crippen molar-refractivity contribution in [2.45, 2.75) is 6.92 Å². The van der Waals surface area contributed by atoms with Gasteiger partial charge in [0.25, 0.3) is 0 Å². The first-order chi connectivity index (χ1) is 9.45. The zero-order valence-corrected chi connectivity index (χ0v) is 11.5. The summed E-state index contributed by atoms with van der Waals surface area (Å²) in [5.41, 5.74) is 6.35. The number of ether oxygens (including phenoxy) is 1. The highest BCUT2D eigenvalue weighted by Crippen LogP contribution is 2.31. The van der Waals surface area contributed by atoms with E-state index in [1.54, 1.807) is 20.0 Å². The summed E-state index contributed by atoms with van der Waals surface area (Å²) in [7, 11) is 1.60. The summed E-state index contributed by atoms with van der Waals surface area (Å²) in [6.45, 7) is 1.66. The van der Waals surface area contributed by atoms with E-state index >= 15 is 0 Å². The zero-order chi connectivity index (χ0) is 14.9. The number of halogens is 2. The molecule has 8 heteroatoms. The molecule has 0 fully saturated rings. The molecule has 106 valence electrons. The second-order valence-electron chi connectivity index (χ2n) is 4.03. The Hall–Kier alpha value is -2.28. The quantitative estimate of drug-likeness (QED) is 0.394. The molecule has 1 heterocycles. The number of nitrogens with two attached hydrogens (primary N) is 1. The Labute approximate surface area is 119 Å². The maximum atomic E-state index is 13.8. The van der Waals surface area contributed by atoms with Crippen LogP contribution in [0.25, 0.3) is 0 Å². The lowest BCUT2D eigenvalue weighted by molar-refractivity contribution is 0.318. The third kappa shape index (κ3) is 2.39. The molecule has 0 amide bonds. The fourth-order valence-electron chi connectivity index (χ4n) is 1.77. The number of hydrogen-bond donors (Lipinski definition) is 2. The second kappa shape index (κ2) is 5.38. The lowest BCUT2D eigenvalue weighted by atomic mass is 10.2. The maximum absolute atomic E-state index is 13.8. The predicted octanol–water partition coefficient (Wildman–Crippen LogP) is 2.41. The van der Waals surface area contributed by atoms with E-state index in [1.807, 2.05) is 0 Å². The van der Waals surface area contributed by atoms with Gasteiger partial charge in [0.1, 0.15) is 5.56 Å². The van der Waals surface area contributed by atoms with E-state index in [2.05, 4.69) is 10.3 Å². The molecule has 0 aliphatic carbocycles. The van der Waals surface area contributed by atoms with Crippen LogP contribution in [0.2, 0.25) is 5.02 Å². The first-order valence-electron chi connectivity index (χ1n) is 5.59. The van der Waals surface area contributed by atoms with Crippen LogP contribution in [0.1, 0.15) is 11.3 Å². The van der Waals surface area contributed by atoms with Crippen molar-refractivity contribution in [2.24, 2.45) is 17.9 Å². The van der Waals surface area contributed by atoms with Crippen LogP contribution in [0.3, 0.4) is 0 Å². The van der Waals surface area contributed by atoms with E-state index in [-0.39, 0.29) is 28.1 Å². The van der Waals surface area contributed by atoms with Gasteiger partial charge in [-0.1, -0.05) is 22.8 Å². The van der Waals surface area contributed by atoms with Crippen molar-refractivity contribution >= 4 is 17.4 Å². The molecule has 2 aromatic rings. The monoisotopic (exact) mass is 298 g/mol. The Kier molecular flexibility index (Phi) is 3.80. The van der Waals surface area contributed by atoms with Gasteiger partial charge in [-0.05, 0) is 19.1 Å². The molecule has 0 saturated heterocycles. The molecular weight excluding hydrogens is 287 g/mol. The van der Waals surface area contributed by atoms with E-state index in [4.69, 9.17) is 27.3 Å². The highest BCUT2D eigenvalue weighted by atomic mass is 35.5. The number of amidine groups is 1. The highest BCUT2D eigenvalue weighted by molar-refractivity contribution is 6.30. The minimum atomic E-state index is -0.696. The first-order valence-corrected chi connectivity index (χ1v) is 5.96. The molecule has 6 nitrogen and oxygen atoms in total. The SMILES string of the molecule is Cc1nn(C)c(Oc2cccc(Cl)c2F)c1/C(N)=N/O. The van der Waals surface area contributed by atoms with Crippen LogP contribution < -0.4 is 10.5 Å². The Morgan fingerprint density at radius 2 is 2.25 bits per heavy atom. The number of hydrogen-bond acceptors (Lipinski definition) is 4. The zero-order valence-electron chi connectivity index (χ0n) is 10.8. The molecule has 0 saturated carbocycles. The normalized spacial score (nSPS) is 11.7. The van der Waals surface area contributed by atoms with E-state index in [0.717, 1.165) is 0 Å². The molecule has 3 N–H and O–H groups in total. The number of oxime groups is 1. The van der Waals surface area contributed by atoms with Crippen LogP contribution in [-0.4, -0.2) is 20.8 Å². The van der Waals surface area contributed by atoms with Gasteiger partial charge in [0.05, 0.1) is 10.7 Å². The van der Waals surface area contributed by atoms with Gasteiger partial charge >= 0.3 is 0 Å². The molecular formula is C12H12ClFN4O2. The molecule has 0 atom stereocenters. The average molecular weight is 299 g/mol. The van der Waals surface area contributed by atoms with Crippen LogP contribution >= 0.6 is 11.6 Å². The molecule has 0 aliphatic rings. The Bertz CT molecular complexity index is 684. The van der Waals surface area contributed by atoms with Crippen LogP contribution in [0.4, 0.5) is 4.39 Å². The topological polar surface area (TPSA) is 85.7 Å². The molecule has 0 spiro atoms. The molecule has 1 aromatic carbocycles. The van der Waals surface area contributed by atoms with Gasteiger partial charge in [-0.3, -0.25) is 0 Å².